The molecule has 0 atom stereocenters. The summed E-state index contributed by atoms with van der Waals surface area (Å²) in [6, 6.07) is 15.8. The van der Waals surface area contributed by atoms with Gasteiger partial charge in [-0.2, -0.15) is 0 Å². The van der Waals surface area contributed by atoms with Gasteiger partial charge < -0.3 is 4.74 Å². The van der Waals surface area contributed by atoms with E-state index in [0.29, 0.717) is 11.0 Å². The predicted molar refractivity (Wildman–Crippen MR) is 103 cm³/mol. The summed E-state index contributed by atoms with van der Waals surface area (Å²) in [6.45, 7) is 1.58. The lowest BCUT2D eigenvalue weighted by molar-refractivity contribution is 0.0899. The number of rotatable bonds is 1. The van der Waals surface area contributed by atoms with Crippen molar-refractivity contribution in [2.24, 2.45) is 0 Å². The maximum absolute atomic E-state index is 12.8. The van der Waals surface area contributed by atoms with Gasteiger partial charge in [0.2, 0.25) is 11.6 Å². The molecule has 0 unspecified atom stereocenters. The van der Waals surface area contributed by atoms with Crippen LogP contribution in [0, 0.1) is 0 Å². The van der Waals surface area contributed by atoms with Crippen LogP contribution in [-0.4, -0.2) is 28.6 Å². The molecule has 0 saturated heterocycles. The summed E-state index contributed by atoms with van der Waals surface area (Å²) in [6.07, 6.45) is 0. The molecule has 5 rings (SSSR count). The van der Waals surface area contributed by atoms with Crippen molar-refractivity contribution < 1.29 is 14.3 Å². The molecular weight excluding hydrogens is 340 g/mol. The van der Waals surface area contributed by atoms with Crippen LogP contribution in [0.1, 0.15) is 27.9 Å². The van der Waals surface area contributed by atoms with E-state index in [2.05, 4.69) is 9.97 Å². The van der Waals surface area contributed by atoms with Gasteiger partial charge in [0.15, 0.2) is 5.76 Å². The predicted octanol–water partition coefficient (Wildman–Crippen LogP) is 4.24. The molecule has 1 aliphatic carbocycles. The van der Waals surface area contributed by atoms with Crippen LogP contribution < -0.4 is 0 Å². The highest BCUT2D eigenvalue weighted by molar-refractivity contribution is 6.28. The molecule has 0 amide bonds. The number of fused-ring (bicyclic) bond motifs is 7. The van der Waals surface area contributed by atoms with E-state index in [-0.39, 0.29) is 28.5 Å². The van der Waals surface area contributed by atoms with Crippen LogP contribution in [0.4, 0.5) is 0 Å². The quantitative estimate of drug-likeness (QED) is 0.478. The first-order valence-corrected chi connectivity index (χ1v) is 8.57. The number of methoxy groups -OCH3 is 1. The summed E-state index contributed by atoms with van der Waals surface area (Å²) in [5.41, 5.74) is 1.63. The monoisotopic (exact) mass is 354 g/mol. The zero-order chi connectivity index (χ0) is 18.7. The van der Waals surface area contributed by atoms with E-state index in [9.17, 15) is 9.59 Å². The highest BCUT2D eigenvalue weighted by atomic mass is 16.5. The van der Waals surface area contributed by atoms with Gasteiger partial charge in [0.1, 0.15) is 11.4 Å². The van der Waals surface area contributed by atoms with Crippen LogP contribution >= 0.6 is 0 Å². The molecule has 1 heterocycles. The summed E-state index contributed by atoms with van der Waals surface area (Å²) in [7, 11) is 1.38. The van der Waals surface area contributed by atoms with Crippen LogP contribution in [0.5, 0.6) is 0 Å². The Balaban J connectivity index is 2.00. The number of Topliss-reactive ketones (excluding diaryl/α,β-unsaturated/α-hetero) is 2. The molecule has 3 aromatic carbocycles. The summed E-state index contributed by atoms with van der Waals surface area (Å²) in [5.74, 6) is -0.699. The molecule has 5 heteroatoms. The Bertz CT molecular complexity index is 1350. The number of hydrogen-bond acceptors (Lipinski definition) is 5. The van der Waals surface area contributed by atoms with Gasteiger partial charge in [0.05, 0.1) is 18.1 Å². The largest absolute Gasteiger partial charge is 0.492 e. The highest BCUT2D eigenvalue weighted by Gasteiger charge is 2.34. The molecule has 0 saturated carbocycles. The van der Waals surface area contributed by atoms with Gasteiger partial charge in [0, 0.05) is 16.3 Å². The van der Waals surface area contributed by atoms with Crippen LogP contribution in [-0.2, 0) is 4.74 Å². The van der Waals surface area contributed by atoms with Crippen molar-refractivity contribution in [2.75, 3.05) is 7.11 Å². The summed E-state index contributed by atoms with van der Waals surface area (Å²) < 4.78 is 5.15. The normalized spacial score (nSPS) is 14.3. The fourth-order valence-corrected chi connectivity index (χ4v) is 3.78. The van der Waals surface area contributed by atoms with E-state index in [1.165, 1.54) is 7.11 Å². The Kier molecular flexibility index (Phi) is 3.15. The number of ether oxygens (including phenoxy) is 1. The van der Waals surface area contributed by atoms with Crippen LogP contribution in [0.25, 0.3) is 32.6 Å². The lowest BCUT2D eigenvalue weighted by atomic mass is 9.94. The van der Waals surface area contributed by atoms with Crippen molar-refractivity contribution in [1.29, 1.82) is 0 Å². The fourth-order valence-electron chi connectivity index (χ4n) is 3.78. The topological polar surface area (TPSA) is 69.2 Å². The van der Waals surface area contributed by atoms with E-state index in [0.717, 1.165) is 21.5 Å². The summed E-state index contributed by atoms with van der Waals surface area (Å²) in [4.78, 5) is 34.8. The number of benzene rings is 3. The summed E-state index contributed by atoms with van der Waals surface area (Å²) >= 11 is 0. The van der Waals surface area contributed by atoms with Crippen LogP contribution in [0.3, 0.4) is 0 Å². The van der Waals surface area contributed by atoms with Gasteiger partial charge in [-0.1, -0.05) is 48.5 Å². The van der Waals surface area contributed by atoms with Crippen molar-refractivity contribution in [3.63, 3.8) is 0 Å². The Labute approximate surface area is 154 Å². The van der Waals surface area contributed by atoms with Gasteiger partial charge in [0.25, 0.3) is 0 Å². The lowest BCUT2D eigenvalue weighted by Crippen LogP contribution is -2.24. The standard InChI is InChI=1S/C22H14N2O3/c1-11-20(25)18-19(21(26)22(11)27-2)24-17-15-10-6-4-8-13(15)12-7-3-5-9-14(12)16(17)23-18/h3-10H,1-2H3. The second-order valence-corrected chi connectivity index (χ2v) is 6.53. The highest BCUT2D eigenvalue weighted by Crippen LogP contribution is 2.35. The number of carbonyl (C=O) groups is 2. The van der Waals surface area contributed by atoms with Crippen molar-refractivity contribution in [3.05, 3.63) is 71.3 Å². The zero-order valence-corrected chi connectivity index (χ0v) is 14.7. The van der Waals surface area contributed by atoms with Gasteiger partial charge in [-0.25, -0.2) is 9.97 Å². The number of nitrogens with zero attached hydrogens (tertiary/aromatic N) is 2. The third-order valence-corrected chi connectivity index (χ3v) is 5.07. The van der Waals surface area contributed by atoms with Crippen molar-refractivity contribution in [2.45, 2.75) is 6.92 Å². The lowest BCUT2D eigenvalue weighted by Gasteiger charge is -2.18. The Morgan fingerprint density at radius 2 is 1.15 bits per heavy atom. The molecule has 5 nitrogen and oxygen atoms in total. The summed E-state index contributed by atoms with van der Waals surface area (Å²) in [5, 5.41) is 3.87. The number of hydrogen-bond donors (Lipinski definition) is 0. The van der Waals surface area contributed by atoms with Crippen molar-refractivity contribution in [1.82, 2.24) is 9.97 Å². The Morgan fingerprint density at radius 1 is 0.704 bits per heavy atom. The first-order valence-electron chi connectivity index (χ1n) is 8.57. The van der Waals surface area contributed by atoms with Gasteiger partial charge in [-0.05, 0) is 17.7 Å². The van der Waals surface area contributed by atoms with E-state index < -0.39 is 5.78 Å². The minimum atomic E-state index is -0.406. The number of carbonyl (C=O) groups excluding carboxylic acids is 2. The third kappa shape index (κ3) is 1.99. The molecule has 130 valence electrons. The minimum Gasteiger partial charge on any atom is -0.492 e. The fraction of sp³-hybridized carbons (Fsp3) is 0.0909. The first-order chi connectivity index (χ1) is 13.1. The van der Waals surface area contributed by atoms with Gasteiger partial charge >= 0.3 is 0 Å². The third-order valence-electron chi connectivity index (χ3n) is 5.07. The molecule has 0 fully saturated rings. The zero-order valence-electron chi connectivity index (χ0n) is 14.7. The Hall–Kier alpha value is -3.60. The van der Waals surface area contributed by atoms with Gasteiger partial charge in [-0.15, -0.1) is 0 Å². The van der Waals surface area contributed by atoms with E-state index in [1.54, 1.807) is 6.92 Å². The average molecular weight is 354 g/mol. The molecule has 0 radical (unpaired) electrons. The first kappa shape index (κ1) is 15.6. The van der Waals surface area contributed by atoms with E-state index in [1.807, 2.05) is 48.5 Å². The molecule has 4 aromatic rings. The smallest absolute Gasteiger partial charge is 0.248 e. The van der Waals surface area contributed by atoms with E-state index >= 15 is 0 Å². The molecule has 0 spiro atoms. The second-order valence-electron chi connectivity index (χ2n) is 6.53. The van der Waals surface area contributed by atoms with Crippen LogP contribution in [0.15, 0.2) is 59.9 Å². The minimum absolute atomic E-state index is 0.0336. The molecule has 0 N–H and O–H groups in total. The average Bonchev–Trinajstić information content (AvgIpc) is 2.72. The number of allylic oxidation sites excluding steroid dienone is 2. The van der Waals surface area contributed by atoms with Crippen molar-refractivity contribution >= 4 is 44.1 Å². The second kappa shape index (κ2) is 5.45. The molecule has 1 aromatic heterocycles. The van der Waals surface area contributed by atoms with Gasteiger partial charge in [-0.3, -0.25) is 9.59 Å². The molecule has 0 aliphatic heterocycles. The SMILES string of the molecule is COC1=C(C)C(=O)c2nc3c4ccccc4c4ccccc4c3nc2C1=O. The molecule has 1 aliphatic rings. The number of ketones is 2. The molecule has 27 heavy (non-hydrogen) atoms. The van der Waals surface area contributed by atoms with Crippen LogP contribution in [0.2, 0.25) is 0 Å². The van der Waals surface area contributed by atoms with E-state index in [4.69, 9.17) is 4.74 Å². The van der Waals surface area contributed by atoms with Crippen molar-refractivity contribution in [3.8, 4) is 0 Å². The Morgan fingerprint density at radius 3 is 1.63 bits per heavy atom. The molecule has 0 bridgehead atoms. The maximum atomic E-state index is 12.8. The molecular formula is C22H14N2O3. The maximum Gasteiger partial charge on any atom is 0.248 e. The number of aromatic nitrogens is 2.